The summed E-state index contributed by atoms with van der Waals surface area (Å²) in [5.41, 5.74) is 3.30. The van der Waals surface area contributed by atoms with E-state index in [9.17, 15) is 9.18 Å². The molecule has 1 aliphatic rings. The molecular formula is C30H33FN6O5. The van der Waals surface area contributed by atoms with Gasteiger partial charge in [0.2, 0.25) is 11.9 Å². The Morgan fingerprint density at radius 2 is 1.90 bits per heavy atom. The van der Waals surface area contributed by atoms with E-state index >= 15 is 0 Å². The molecule has 0 radical (unpaired) electrons. The summed E-state index contributed by atoms with van der Waals surface area (Å²) in [4.78, 5) is 29.6. The van der Waals surface area contributed by atoms with E-state index in [-0.39, 0.29) is 30.9 Å². The monoisotopic (exact) mass is 576 g/mol. The molecular weight excluding hydrogens is 543 g/mol. The molecule has 0 saturated carbocycles. The van der Waals surface area contributed by atoms with Gasteiger partial charge in [0.25, 0.3) is 0 Å². The van der Waals surface area contributed by atoms with E-state index in [1.54, 1.807) is 38.6 Å². The van der Waals surface area contributed by atoms with Crippen LogP contribution in [0.25, 0.3) is 22.6 Å². The van der Waals surface area contributed by atoms with Crippen LogP contribution in [0.4, 0.5) is 16.0 Å². The Labute approximate surface area is 242 Å². The lowest BCUT2D eigenvalue weighted by atomic mass is 10.1. The van der Waals surface area contributed by atoms with Crippen molar-refractivity contribution in [3.05, 3.63) is 72.4 Å². The number of aromatic amines is 1. The highest BCUT2D eigenvalue weighted by Crippen LogP contribution is 2.31. The van der Waals surface area contributed by atoms with Gasteiger partial charge in [-0.3, -0.25) is 4.79 Å². The molecule has 1 saturated heterocycles. The van der Waals surface area contributed by atoms with E-state index in [0.717, 1.165) is 12.1 Å². The fourth-order valence-electron chi connectivity index (χ4n) is 4.45. The molecule has 0 spiro atoms. The van der Waals surface area contributed by atoms with Gasteiger partial charge in [-0.1, -0.05) is 6.07 Å². The van der Waals surface area contributed by atoms with Crippen molar-refractivity contribution in [2.75, 3.05) is 45.9 Å². The van der Waals surface area contributed by atoms with Crippen molar-refractivity contribution in [3.63, 3.8) is 0 Å². The number of nitrogens with one attached hydrogen (secondary N) is 3. The van der Waals surface area contributed by atoms with Gasteiger partial charge >= 0.3 is 0 Å². The van der Waals surface area contributed by atoms with Crippen LogP contribution in [0, 0.1) is 11.7 Å². The predicted molar refractivity (Wildman–Crippen MR) is 154 cm³/mol. The number of methoxy groups -OCH3 is 2. The van der Waals surface area contributed by atoms with Crippen molar-refractivity contribution in [1.29, 1.82) is 0 Å². The minimum atomic E-state index is -0.585. The van der Waals surface area contributed by atoms with E-state index in [4.69, 9.17) is 28.9 Å². The maximum absolute atomic E-state index is 13.7. The summed E-state index contributed by atoms with van der Waals surface area (Å²) in [6, 6.07) is 15.3. The molecule has 3 N–H and O–H groups in total. The average Bonchev–Trinajstić information content (AvgIpc) is 3.44. The second-order valence-corrected chi connectivity index (χ2v) is 9.67. The molecule has 0 aliphatic carbocycles. The summed E-state index contributed by atoms with van der Waals surface area (Å²) in [6.07, 6.45) is 2.11. The number of anilines is 2. The number of H-pyrrole nitrogens is 1. The smallest absolute Gasteiger partial charge is 0.227 e. The van der Waals surface area contributed by atoms with Gasteiger partial charge in [0.1, 0.15) is 17.4 Å². The number of nitrogens with zero attached hydrogens (tertiary/aromatic N) is 3. The maximum Gasteiger partial charge on any atom is 0.227 e. The molecule has 2 aromatic heterocycles. The van der Waals surface area contributed by atoms with Gasteiger partial charge in [-0.15, -0.1) is 0 Å². The number of hydrogen-bond acceptors (Lipinski definition) is 9. The van der Waals surface area contributed by atoms with Crippen LogP contribution in [-0.4, -0.2) is 72.7 Å². The van der Waals surface area contributed by atoms with Gasteiger partial charge in [-0.05, 0) is 48.9 Å². The Bertz CT molecular complexity index is 1470. The normalized spacial score (nSPS) is 16.6. The molecule has 1 aliphatic heterocycles. The number of ether oxygens (including phenoxy) is 4. The highest BCUT2D eigenvalue weighted by atomic mass is 19.1. The number of imidazole rings is 1. The average molecular weight is 577 g/mol. The zero-order valence-corrected chi connectivity index (χ0v) is 23.4. The van der Waals surface area contributed by atoms with Crippen molar-refractivity contribution >= 4 is 17.5 Å². The van der Waals surface area contributed by atoms with Crippen LogP contribution in [-0.2, 0) is 25.4 Å². The largest absolute Gasteiger partial charge is 0.497 e. The molecule has 0 atom stereocenters. The summed E-state index contributed by atoms with van der Waals surface area (Å²) in [5, 5.41) is 6.08. The minimum Gasteiger partial charge on any atom is -0.497 e. The number of carbonyl (C=O) groups excluding carboxylic acids is 1. The van der Waals surface area contributed by atoms with Gasteiger partial charge in [0.05, 0.1) is 49.7 Å². The Kier molecular flexibility index (Phi) is 9.70. The number of benzene rings is 2. The predicted octanol–water partition coefficient (Wildman–Crippen LogP) is 4.11. The number of amides is 1. The van der Waals surface area contributed by atoms with E-state index in [2.05, 4.69) is 20.6 Å². The zero-order chi connectivity index (χ0) is 29.3. The first kappa shape index (κ1) is 29.1. The molecule has 0 unspecified atom stereocenters. The van der Waals surface area contributed by atoms with Crippen LogP contribution in [0.15, 0.2) is 60.8 Å². The van der Waals surface area contributed by atoms with Gasteiger partial charge in [0.15, 0.2) is 6.29 Å². The number of halogens is 1. The highest BCUT2D eigenvalue weighted by Gasteiger charge is 2.29. The van der Waals surface area contributed by atoms with Crippen LogP contribution < -0.4 is 15.4 Å². The Hall–Kier alpha value is -4.39. The summed E-state index contributed by atoms with van der Waals surface area (Å²) in [5.74, 6) is 0.844. The van der Waals surface area contributed by atoms with E-state index < -0.39 is 6.29 Å². The molecule has 220 valence electrons. The van der Waals surface area contributed by atoms with Crippen molar-refractivity contribution in [2.45, 2.75) is 19.1 Å². The minimum absolute atomic E-state index is 0.106. The standard InChI is InChI=1S/C30H33FN6O5/c1-39-14-4-12-32-29(38)20-17-41-26(42-18-20)16-25-36-27(19-7-9-21(31)10-8-19)28(37-25)24-11-13-33-30(35-24)34-22-5-3-6-23(15-22)40-2/h3,5-11,13,15,20,26H,4,12,14,16-18H2,1-2H3,(H,32,38)(H,36,37)(H,33,34,35). The fraction of sp³-hybridized carbons (Fsp3) is 0.333. The Morgan fingerprint density at radius 1 is 1.10 bits per heavy atom. The van der Waals surface area contributed by atoms with Crippen molar-refractivity contribution < 1.29 is 28.1 Å². The number of aromatic nitrogens is 4. The summed E-state index contributed by atoms with van der Waals surface area (Å²) >= 11 is 0. The molecule has 11 nitrogen and oxygen atoms in total. The van der Waals surface area contributed by atoms with Gasteiger partial charge < -0.3 is 34.6 Å². The number of hydrogen-bond donors (Lipinski definition) is 3. The first-order valence-electron chi connectivity index (χ1n) is 13.6. The molecule has 0 bridgehead atoms. The Balaban J connectivity index is 1.32. The molecule has 3 heterocycles. The topological polar surface area (TPSA) is 133 Å². The molecule has 42 heavy (non-hydrogen) atoms. The molecule has 1 amide bonds. The van der Waals surface area contributed by atoms with Crippen molar-refractivity contribution in [3.8, 4) is 28.4 Å². The summed E-state index contributed by atoms with van der Waals surface area (Å²) in [7, 11) is 3.23. The van der Waals surface area contributed by atoms with E-state index in [0.29, 0.717) is 59.7 Å². The van der Waals surface area contributed by atoms with Crippen LogP contribution >= 0.6 is 0 Å². The fourth-order valence-corrected chi connectivity index (χ4v) is 4.45. The Morgan fingerprint density at radius 3 is 2.67 bits per heavy atom. The summed E-state index contributed by atoms with van der Waals surface area (Å²) in [6.45, 7) is 1.60. The lowest BCUT2D eigenvalue weighted by Gasteiger charge is -2.28. The lowest BCUT2D eigenvalue weighted by Crippen LogP contribution is -2.42. The van der Waals surface area contributed by atoms with E-state index in [1.165, 1.54) is 12.1 Å². The first-order chi connectivity index (χ1) is 20.5. The third-order valence-electron chi connectivity index (χ3n) is 6.63. The third-order valence-corrected chi connectivity index (χ3v) is 6.63. The van der Waals surface area contributed by atoms with Gasteiger partial charge in [-0.2, -0.15) is 0 Å². The zero-order valence-electron chi connectivity index (χ0n) is 23.4. The van der Waals surface area contributed by atoms with Crippen molar-refractivity contribution in [2.24, 2.45) is 5.92 Å². The molecule has 12 heteroatoms. The first-order valence-corrected chi connectivity index (χ1v) is 13.6. The van der Waals surface area contributed by atoms with Crippen LogP contribution in [0.2, 0.25) is 0 Å². The molecule has 4 aromatic rings. The van der Waals surface area contributed by atoms with Crippen molar-refractivity contribution in [1.82, 2.24) is 25.3 Å². The SMILES string of the molecule is COCCCNC(=O)C1COC(Cc2nc(-c3ccc(F)cc3)c(-c3ccnc(Nc4cccc(OC)c4)n3)[nH]2)OC1. The maximum atomic E-state index is 13.7. The quantitative estimate of drug-likeness (QED) is 0.213. The van der Waals surface area contributed by atoms with E-state index in [1.807, 2.05) is 24.3 Å². The third kappa shape index (κ3) is 7.46. The number of carbonyl (C=O) groups is 1. The van der Waals surface area contributed by atoms with Crippen LogP contribution in [0.1, 0.15) is 12.2 Å². The summed E-state index contributed by atoms with van der Waals surface area (Å²) < 4.78 is 35.7. The second-order valence-electron chi connectivity index (χ2n) is 9.67. The van der Waals surface area contributed by atoms with Crippen LogP contribution in [0.3, 0.4) is 0 Å². The van der Waals surface area contributed by atoms with Crippen LogP contribution in [0.5, 0.6) is 5.75 Å². The van der Waals surface area contributed by atoms with Gasteiger partial charge in [-0.25, -0.2) is 19.3 Å². The molecule has 5 rings (SSSR count). The number of rotatable bonds is 12. The molecule has 2 aromatic carbocycles. The highest BCUT2D eigenvalue weighted by molar-refractivity contribution is 5.79. The second kappa shape index (κ2) is 14.0. The van der Waals surface area contributed by atoms with Gasteiger partial charge in [0, 0.05) is 43.8 Å². The molecule has 1 fully saturated rings. The lowest BCUT2D eigenvalue weighted by molar-refractivity contribution is -0.200.